The van der Waals surface area contributed by atoms with Crippen LogP contribution in [0.2, 0.25) is 0 Å². The van der Waals surface area contributed by atoms with Gasteiger partial charge in [-0.3, -0.25) is 0 Å². The number of nitrogens with zero attached hydrogens (tertiary/aromatic N) is 6. The first-order valence-electron chi connectivity index (χ1n) is 34.8. The Balaban J connectivity index is 0.821. The monoisotopic (exact) mass is 1290 g/mol. The van der Waals surface area contributed by atoms with Crippen LogP contribution >= 0.6 is 0 Å². The SMILES string of the molecule is c1ccc(N(c2ccccc2)c2ccc3c(c2)N(c2ccccc2)c2cccc4c2B3c2ccc3c(c2O4)B2c4c(cccc4N(c4ccccc4)c4ccc5c(c42)Oc2cccc4c2B5c2ccc(N(c5ccccc5)c5ccccc5)cc2N4c2ccccc2)N3c2ccccc2)cc1. The topological polar surface area (TPSA) is 37.9 Å². The van der Waals surface area contributed by atoms with Crippen LogP contribution in [0, 0.1) is 0 Å². The summed E-state index contributed by atoms with van der Waals surface area (Å²) in [4.78, 5) is 14.6. The number of ether oxygens (including phenoxy) is 2. The molecule has 0 radical (unpaired) electrons. The minimum absolute atomic E-state index is 0.228. The third kappa shape index (κ3) is 8.66. The van der Waals surface area contributed by atoms with Crippen molar-refractivity contribution >= 4 is 172 Å². The highest BCUT2D eigenvalue weighted by molar-refractivity contribution is 7.05. The summed E-state index contributed by atoms with van der Waals surface area (Å²) in [5.74, 6) is 3.37. The second kappa shape index (κ2) is 22.7. The second-order valence-corrected chi connectivity index (χ2v) is 26.6. The molecule has 6 aliphatic heterocycles. The van der Waals surface area contributed by atoms with Gasteiger partial charge in [0, 0.05) is 102 Å². The van der Waals surface area contributed by atoms with Gasteiger partial charge in [0.1, 0.15) is 23.0 Å². The molecule has 0 aromatic heterocycles. The summed E-state index contributed by atoms with van der Waals surface area (Å²) >= 11 is 0. The lowest BCUT2D eigenvalue weighted by molar-refractivity contribution is 0.490. The van der Waals surface area contributed by atoms with Gasteiger partial charge in [0.05, 0.1) is 0 Å². The average molecular weight is 1290 g/mol. The van der Waals surface area contributed by atoms with Crippen molar-refractivity contribution in [3.63, 3.8) is 0 Å². The van der Waals surface area contributed by atoms with Gasteiger partial charge in [-0.15, -0.1) is 0 Å². The predicted octanol–water partition coefficient (Wildman–Crippen LogP) is 17.5. The molecule has 11 heteroatoms. The van der Waals surface area contributed by atoms with Crippen LogP contribution in [0.5, 0.6) is 23.0 Å². The van der Waals surface area contributed by atoms with E-state index >= 15 is 0 Å². The van der Waals surface area contributed by atoms with Gasteiger partial charge in [-0.25, -0.2) is 0 Å². The summed E-state index contributed by atoms with van der Waals surface area (Å²) in [6, 6.07) is 130. The van der Waals surface area contributed by atoms with E-state index in [1.165, 1.54) is 16.4 Å². The van der Waals surface area contributed by atoms with Crippen LogP contribution in [0.3, 0.4) is 0 Å². The maximum atomic E-state index is 7.96. The maximum Gasteiger partial charge on any atom is 0.261 e. The van der Waals surface area contributed by atoms with E-state index in [2.05, 4.69) is 387 Å². The zero-order valence-corrected chi connectivity index (χ0v) is 54.8. The lowest BCUT2D eigenvalue weighted by Gasteiger charge is -2.47. The van der Waals surface area contributed by atoms with Crippen molar-refractivity contribution in [2.45, 2.75) is 0 Å². The maximum absolute atomic E-state index is 7.96. The third-order valence-electron chi connectivity index (χ3n) is 21.3. The third-order valence-corrected chi connectivity index (χ3v) is 21.3. The van der Waals surface area contributed by atoms with Crippen LogP contribution in [0.25, 0.3) is 0 Å². The highest BCUT2D eigenvalue weighted by atomic mass is 16.5. The molecule has 6 heterocycles. The Morgan fingerprint density at radius 1 is 0.198 bits per heavy atom. The number of anilines is 18. The number of para-hydroxylation sites is 8. The van der Waals surface area contributed by atoms with Crippen LogP contribution in [0.4, 0.5) is 102 Å². The van der Waals surface area contributed by atoms with E-state index < -0.39 is 6.71 Å². The molecular formula is C90H59B3N6O2. The molecule has 0 saturated carbocycles. The smallest absolute Gasteiger partial charge is 0.261 e. The van der Waals surface area contributed by atoms with E-state index in [1.54, 1.807) is 0 Å². The zero-order valence-electron chi connectivity index (χ0n) is 54.8. The molecule has 0 unspecified atom stereocenters. The molecule has 15 aromatic rings. The molecular weight excluding hydrogens is 1230 g/mol. The van der Waals surface area contributed by atoms with Gasteiger partial charge in [-0.2, -0.15) is 0 Å². The van der Waals surface area contributed by atoms with Crippen molar-refractivity contribution < 1.29 is 9.47 Å². The molecule has 470 valence electrons. The molecule has 6 aliphatic rings. The first kappa shape index (κ1) is 57.0. The first-order chi connectivity index (χ1) is 50.2. The van der Waals surface area contributed by atoms with Gasteiger partial charge < -0.3 is 38.9 Å². The molecule has 0 atom stereocenters. The quantitative estimate of drug-likeness (QED) is 0.125. The summed E-state index contributed by atoms with van der Waals surface area (Å²) in [6.07, 6.45) is 0. The number of hydrogen-bond donors (Lipinski definition) is 0. The zero-order chi connectivity index (χ0) is 66.2. The summed E-state index contributed by atoms with van der Waals surface area (Å²) in [5.41, 5.74) is 29.5. The number of benzene rings is 15. The Labute approximate surface area is 587 Å². The molecule has 0 amide bonds. The van der Waals surface area contributed by atoms with E-state index in [4.69, 9.17) is 9.47 Å². The Bertz CT molecular complexity index is 5360. The van der Waals surface area contributed by atoms with Gasteiger partial charge >= 0.3 is 0 Å². The van der Waals surface area contributed by atoms with E-state index in [0.29, 0.717) is 0 Å². The Morgan fingerprint density at radius 3 is 0.812 bits per heavy atom. The van der Waals surface area contributed by atoms with Gasteiger partial charge in [-0.1, -0.05) is 188 Å². The molecule has 0 saturated heterocycles. The minimum Gasteiger partial charge on any atom is -0.459 e. The molecule has 0 bridgehead atoms. The van der Waals surface area contributed by atoms with E-state index in [9.17, 15) is 0 Å². The van der Waals surface area contributed by atoms with Crippen molar-refractivity contribution in [3.8, 4) is 23.0 Å². The van der Waals surface area contributed by atoms with Gasteiger partial charge in [-0.05, 0) is 219 Å². The van der Waals surface area contributed by atoms with Gasteiger partial charge in [0.25, 0.3) is 20.1 Å². The van der Waals surface area contributed by atoms with Gasteiger partial charge in [0.2, 0.25) is 0 Å². The molecule has 0 aliphatic carbocycles. The van der Waals surface area contributed by atoms with E-state index in [1.807, 2.05) is 0 Å². The molecule has 8 nitrogen and oxygen atoms in total. The van der Waals surface area contributed by atoms with Crippen molar-refractivity contribution in [3.05, 3.63) is 358 Å². The van der Waals surface area contributed by atoms with E-state index in [0.717, 1.165) is 158 Å². The first-order valence-corrected chi connectivity index (χ1v) is 34.8. The molecule has 15 aromatic carbocycles. The second-order valence-electron chi connectivity index (χ2n) is 26.6. The lowest BCUT2D eigenvalue weighted by atomic mass is 9.28. The minimum atomic E-state index is -0.404. The number of hydrogen-bond acceptors (Lipinski definition) is 8. The normalized spacial score (nSPS) is 13.4. The van der Waals surface area contributed by atoms with Crippen molar-refractivity contribution in [1.82, 2.24) is 0 Å². The largest absolute Gasteiger partial charge is 0.459 e. The number of rotatable bonds is 10. The molecule has 0 N–H and O–H groups in total. The fraction of sp³-hybridized carbons (Fsp3) is 0. The highest BCUT2D eigenvalue weighted by Crippen LogP contribution is 2.51. The van der Waals surface area contributed by atoms with Crippen molar-refractivity contribution in [2.24, 2.45) is 0 Å². The Hall–Kier alpha value is -13.1. The van der Waals surface area contributed by atoms with Crippen LogP contribution in [0.15, 0.2) is 358 Å². The van der Waals surface area contributed by atoms with Gasteiger partial charge in [0.15, 0.2) is 0 Å². The Kier molecular flexibility index (Phi) is 12.8. The molecule has 21 rings (SSSR count). The van der Waals surface area contributed by atoms with Crippen molar-refractivity contribution in [1.29, 1.82) is 0 Å². The lowest BCUT2D eigenvalue weighted by Crippen LogP contribution is -2.67. The summed E-state index contributed by atoms with van der Waals surface area (Å²) in [5, 5.41) is 0. The molecule has 101 heavy (non-hydrogen) atoms. The summed E-state index contributed by atoms with van der Waals surface area (Å²) in [7, 11) is 0. The highest BCUT2D eigenvalue weighted by Gasteiger charge is 2.53. The Morgan fingerprint density at radius 2 is 0.475 bits per heavy atom. The van der Waals surface area contributed by atoms with Crippen LogP contribution in [0.1, 0.15) is 0 Å². The fourth-order valence-electron chi connectivity index (χ4n) is 17.3. The van der Waals surface area contributed by atoms with Crippen LogP contribution in [-0.2, 0) is 0 Å². The molecule has 0 spiro atoms. The standard InChI is InChI=1S/C90H59B3N6O2/c1-9-28-60(29-10-1)94(61-30-11-2-12-31-61)68-50-52-70-80(58-68)98(66-40-21-7-22-41-66)76-46-26-48-82-85(76)91(70)72-54-56-78-87(89(72)100-82)93-84-74(96(78)64-36-17-5-18-37-64)44-25-45-75(84)97(65-38-19-6-20-39-65)79-57-55-73-90(88(79)93)101-83-49-27-47-77-86(83)92(73)71-53-51-69(59-81(71)99(77)67-42-23-8-24-43-67)95(62-32-13-3-14-33-62)63-34-15-4-16-35-63/h1-59H. The average Bonchev–Trinajstić information content (AvgIpc) is 0.680. The predicted molar refractivity (Wildman–Crippen MR) is 422 cm³/mol. The van der Waals surface area contributed by atoms with Crippen LogP contribution < -0.4 is 88.0 Å². The van der Waals surface area contributed by atoms with E-state index in [-0.39, 0.29) is 13.4 Å². The van der Waals surface area contributed by atoms with Crippen molar-refractivity contribution in [2.75, 3.05) is 29.4 Å². The summed E-state index contributed by atoms with van der Waals surface area (Å²) < 4.78 is 15.9. The number of fused-ring (bicyclic) bond motifs is 14. The fourth-order valence-corrected chi connectivity index (χ4v) is 17.3. The van der Waals surface area contributed by atoms with Crippen LogP contribution in [-0.4, -0.2) is 20.1 Å². The molecule has 0 fully saturated rings. The summed E-state index contributed by atoms with van der Waals surface area (Å²) in [6.45, 7) is -0.860.